The third-order valence-corrected chi connectivity index (χ3v) is 2.45. The predicted molar refractivity (Wildman–Crippen MR) is 57.8 cm³/mol. The molecule has 0 bridgehead atoms. The average Bonchev–Trinajstić information content (AvgIpc) is 2.31. The molecular formula is C11H7F3N2O3. The summed E-state index contributed by atoms with van der Waals surface area (Å²) in [6.07, 6.45) is -3.15. The highest BCUT2D eigenvalue weighted by molar-refractivity contribution is 5.70. The minimum atomic E-state index is -4.53. The van der Waals surface area contributed by atoms with Gasteiger partial charge in [0.2, 0.25) is 0 Å². The standard InChI is InChI=1S/C11H7F3N2O3/c12-11(13,14)7-1-2-16-8(4-7)15-5-6(10(16)19)3-9(17)18/h1-2,4-5H,3H2,(H,17,18). The number of carbonyl (C=O) groups is 1. The van der Waals surface area contributed by atoms with Gasteiger partial charge in [0, 0.05) is 18.0 Å². The second kappa shape index (κ2) is 4.38. The number of hydrogen-bond acceptors (Lipinski definition) is 3. The van der Waals surface area contributed by atoms with Gasteiger partial charge in [0.15, 0.2) is 0 Å². The monoisotopic (exact) mass is 272 g/mol. The predicted octanol–water partition coefficient (Wildman–Crippen LogP) is 1.34. The van der Waals surface area contributed by atoms with E-state index >= 15 is 0 Å². The molecule has 0 aliphatic carbocycles. The van der Waals surface area contributed by atoms with Gasteiger partial charge >= 0.3 is 12.1 Å². The Hall–Kier alpha value is -2.38. The Kier molecular flexibility index (Phi) is 3.01. The lowest BCUT2D eigenvalue weighted by Gasteiger charge is -2.08. The maximum atomic E-state index is 12.5. The number of carboxylic acid groups (broad SMARTS) is 1. The largest absolute Gasteiger partial charge is 0.481 e. The summed E-state index contributed by atoms with van der Waals surface area (Å²) in [5.41, 5.74) is -1.90. The third-order valence-electron chi connectivity index (χ3n) is 2.45. The summed E-state index contributed by atoms with van der Waals surface area (Å²) in [7, 11) is 0. The summed E-state index contributed by atoms with van der Waals surface area (Å²) in [5.74, 6) is -1.22. The van der Waals surface area contributed by atoms with Gasteiger partial charge in [-0.1, -0.05) is 0 Å². The van der Waals surface area contributed by atoms with Crippen LogP contribution in [-0.2, 0) is 17.4 Å². The van der Waals surface area contributed by atoms with Crippen LogP contribution in [0, 0.1) is 0 Å². The van der Waals surface area contributed by atoms with E-state index in [0.717, 1.165) is 28.9 Å². The lowest BCUT2D eigenvalue weighted by atomic mass is 10.2. The molecule has 0 radical (unpaired) electrons. The van der Waals surface area contributed by atoms with Gasteiger partial charge in [0.05, 0.1) is 12.0 Å². The van der Waals surface area contributed by atoms with Crippen molar-refractivity contribution in [1.82, 2.24) is 9.38 Å². The number of fused-ring (bicyclic) bond motifs is 1. The normalized spacial score (nSPS) is 11.7. The second-order valence-electron chi connectivity index (χ2n) is 3.80. The fourth-order valence-corrected chi connectivity index (χ4v) is 1.57. The van der Waals surface area contributed by atoms with E-state index in [1.807, 2.05) is 0 Å². The highest BCUT2D eigenvalue weighted by Crippen LogP contribution is 2.29. The highest BCUT2D eigenvalue weighted by atomic mass is 19.4. The number of aromatic nitrogens is 2. The minimum Gasteiger partial charge on any atom is -0.481 e. The Morgan fingerprint density at radius 1 is 1.42 bits per heavy atom. The van der Waals surface area contributed by atoms with Crippen LogP contribution in [-0.4, -0.2) is 20.5 Å². The fraction of sp³-hybridized carbons (Fsp3) is 0.182. The van der Waals surface area contributed by atoms with Gasteiger partial charge in [0.1, 0.15) is 5.65 Å². The molecule has 2 aromatic heterocycles. The highest BCUT2D eigenvalue weighted by Gasteiger charge is 2.30. The van der Waals surface area contributed by atoms with Crippen molar-refractivity contribution in [3.63, 3.8) is 0 Å². The first-order valence-electron chi connectivity index (χ1n) is 5.08. The Balaban J connectivity index is 2.60. The fourth-order valence-electron chi connectivity index (χ4n) is 1.57. The van der Waals surface area contributed by atoms with E-state index < -0.39 is 29.7 Å². The van der Waals surface area contributed by atoms with E-state index in [1.54, 1.807) is 0 Å². The van der Waals surface area contributed by atoms with Gasteiger partial charge in [-0.2, -0.15) is 13.2 Å². The van der Waals surface area contributed by atoms with Crippen molar-refractivity contribution in [2.45, 2.75) is 12.6 Å². The molecule has 0 saturated heterocycles. The van der Waals surface area contributed by atoms with Crippen LogP contribution in [0.1, 0.15) is 11.1 Å². The van der Waals surface area contributed by atoms with Crippen LogP contribution >= 0.6 is 0 Å². The molecular weight excluding hydrogens is 265 g/mol. The lowest BCUT2D eigenvalue weighted by Crippen LogP contribution is -2.22. The van der Waals surface area contributed by atoms with Gasteiger partial charge in [-0.25, -0.2) is 4.98 Å². The second-order valence-corrected chi connectivity index (χ2v) is 3.80. The summed E-state index contributed by atoms with van der Waals surface area (Å²) in [5, 5.41) is 8.59. The Labute approximate surface area is 103 Å². The molecule has 2 rings (SSSR count). The van der Waals surface area contributed by atoms with E-state index in [0.29, 0.717) is 0 Å². The zero-order valence-corrected chi connectivity index (χ0v) is 9.31. The van der Waals surface area contributed by atoms with E-state index in [-0.39, 0.29) is 11.2 Å². The van der Waals surface area contributed by atoms with Crippen molar-refractivity contribution in [2.75, 3.05) is 0 Å². The van der Waals surface area contributed by atoms with Crippen LogP contribution in [0.5, 0.6) is 0 Å². The SMILES string of the molecule is O=C(O)Cc1cnc2cc(C(F)(F)F)ccn2c1=O. The topological polar surface area (TPSA) is 71.7 Å². The van der Waals surface area contributed by atoms with Gasteiger partial charge in [-0.05, 0) is 12.1 Å². The van der Waals surface area contributed by atoms with Gasteiger partial charge in [-0.15, -0.1) is 0 Å². The zero-order valence-electron chi connectivity index (χ0n) is 9.31. The molecule has 1 N–H and O–H groups in total. The number of hydrogen-bond donors (Lipinski definition) is 1. The number of carboxylic acids is 1. The maximum absolute atomic E-state index is 12.5. The maximum Gasteiger partial charge on any atom is 0.416 e. The van der Waals surface area contributed by atoms with Crippen molar-refractivity contribution < 1.29 is 23.1 Å². The van der Waals surface area contributed by atoms with Crippen molar-refractivity contribution in [3.05, 3.63) is 46.0 Å². The molecule has 0 aliphatic heterocycles. The third kappa shape index (κ3) is 2.56. The molecule has 2 heterocycles. The summed E-state index contributed by atoms with van der Waals surface area (Å²) >= 11 is 0. The van der Waals surface area contributed by atoms with Crippen molar-refractivity contribution in [1.29, 1.82) is 0 Å². The molecule has 0 aromatic carbocycles. The molecule has 2 aromatic rings. The van der Waals surface area contributed by atoms with Crippen LogP contribution in [0.4, 0.5) is 13.2 Å². The molecule has 0 spiro atoms. The molecule has 0 atom stereocenters. The molecule has 19 heavy (non-hydrogen) atoms. The van der Waals surface area contributed by atoms with Crippen molar-refractivity contribution in [2.24, 2.45) is 0 Å². The van der Waals surface area contributed by atoms with E-state index in [2.05, 4.69) is 4.98 Å². The summed E-state index contributed by atoms with van der Waals surface area (Å²) in [6.45, 7) is 0. The number of alkyl halides is 3. The van der Waals surface area contributed by atoms with Gasteiger partial charge in [-0.3, -0.25) is 14.0 Å². The summed E-state index contributed by atoms with van der Waals surface area (Å²) in [4.78, 5) is 26.0. The van der Waals surface area contributed by atoms with E-state index in [9.17, 15) is 22.8 Å². The molecule has 0 fully saturated rings. The summed E-state index contributed by atoms with van der Waals surface area (Å²) < 4.78 is 38.3. The molecule has 5 nitrogen and oxygen atoms in total. The van der Waals surface area contributed by atoms with Crippen LogP contribution < -0.4 is 5.56 Å². The lowest BCUT2D eigenvalue weighted by molar-refractivity contribution is -0.138. The smallest absolute Gasteiger partial charge is 0.416 e. The Bertz CT molecular complexity index is 706. The number of aliphatic carboxylic acids is 1. The number of nitrogens with zero attached hydrogens (tertiary/aromatic N) is 2. The number of halogens is 3. The first kappa shape index (κ1) is 13.1. The zero-order chi connectivity index (χ0) is 14.2. The molecule has 0 aliphatic rings. The van der Waals surface area contributed by atoms with Crippen LogP contribution in [0.15, 0.2) is 29.3 Å². The van der Waals surface area contributed by atoms with E-state index in [4.69, 9.17) is 5.11 Å². The van der Waals surface area contributed by atoms with E-state index in [1.165, 1.54) is 0 Å². The minimum absolute atomic E-state index is 0.0928. The quantitative estimate of drug-likeness (QED) is 0.895. The Morgan fingerprint density at radius 2 is 2.11 bits per heavy atom. The molecule has 100 valence electrons. The van der Waals surface area contributed by atoms with Crippen molar-refractivity contribution >= 4 is 11.6 Å². The average molecular weight is 272 g/mol. The first-order chi connectivity index (χ1) is 8.79. The van der Waals surface area contributed by atoms with Gasteiger partial charge in [0.25, 0.3) is 5.56 Å². The molecule has 0 unspecified atom stereocenters. The molecule has 8 heteroatoms. The van der Waals surface area contributed by atoms with Crippen LogP contribution in [0.2, 0.25) is 0 Å². The van der Waals surface area contributed by atoms with Gasteiger partial charge < -0.3 is 5.11 Å². The molecule has 0 amide bonds. The molecule has 0 saturated carbocycles. The van der Waals surface area contributed by atoms with Crippen LogP contribution in [0.25, 0.3) is 5.65 Å². The first-order valence-corrected chi connectivity index (χ1v) is 5.08. The van der Waals surface area contributed by atoms with Crippen molar-refractivity contribution in [3.8, 4) is 0 Å². The van der Waals surface area contributed by atoms with Crippen LogP contribution in [0.3, 0.4) is 0 Å². The summed E-state index contributed by atoms with van der Waals surface area (Å²) in [6, 6.07) is 1.46. The number of rotatable bonds is 2. The Morgan fingerprint density at radius 3 is 2.68 bits per heavy atom. The number of pyridine rings is 1.